The van der Waals surface area contributed by atoms with E-state index in [1.807, 2.05) is 13.0 Å². The summed E-state index contributed by atoms with van der Waals surface area (Å²) in [6, 6.07) is 0. The number of rotatable bonds is 4. The van der Waals surface area contributed by atoms with Gasteiger partial charge in [0.05, 0.1) is 6.61 Å². The van der Waals surface area contributed by atoms with Crippen molar-refractivity contribution >= 4 is 23.7 Å². The molecule has 1 aliphatic rings. The van der Waals surface area contributed by atoms with Crippen LogP contribution in [0.5, 0.6) is 0 Å². The Hall–Kier alpha value is -1.10. The normalized spacial score (nSPS) is 15.5. The highest BCUT2D eigenvalue weighted by Gasteiger charge is 2.17. The van der Waals surface area contributed by atoms with Gasteiger partial charge in [-0.1, -0.05) is 12.2 Å². The number of carbonyl (C=O) groups is 1. The SMILES string of the molecule is CCOC(=O)N1CC=C(NCC=S)CC1. The highest BCUT2D eigenvalue weighted by atomic mass is 32.1. The first-order valence-corrected chi connectivity index (χ1v) is 5.53. The molecular formula is C10H16N2O2S. The molecule has 0 saturated carbocycles. The summed E-state index contributed by atoms with van der Waals surface area (Å²) < 4.78 is 4.91. The van der Waals surface area contributed by atoms with E-state index in [4.69, 9.17) is 17.0 Å². The van der Waals surface area contributed by atoms with E-state index in [2.05, 4.69) is 5.32 Å². The Kier molecular flexibility index (Phi) is 5.10. The molecule has 1 amide bonds. The van der Waals surface area contributed by atoms with Crippen LogP contribution in [0.2, 0.25) is 0 Å². The molecule has 0 aliphatic carbocycles. The number of thiocarbonyl (C=S) groups is 1. The van der Waals surface area contributed by atoms with Crippen LogP contribution in [-0.2, 0) is 4.74 Å². The third kappa shape index (κ3) is 3.87. The highest BCUT2D eigenvalue weighted by Crippen LogP contribution is 2.08. The van der Waals surface area contributed by atoms with Crippen LogP contribution in [0.15, 0.2) is 11.8 Å². The van der Waals surface area contributed by atoms with E-state index < -0.39 is 0 Å². The molecule has 5 heteroatoms. The lowest BCUT2D eigenvalue weighted by Gasteiger charge is -2.25. The first kappa shape index (κ1) is 12.0. The van der Waals surface area contributed by atoms with Crippen molar-refractivity contribution in [2.24, 2.45) is 0 Å². The van der Waals surface area contributed by atoms with Crippen LogP contribution in [0, 0.1) is 0 Å². The number of carbonyl (C=O) groups excluding carboxylic acids is 1. The van der Waals surface area contributed by atoms with Gasteiger partial charge in [0.2, 0.25) is 0 Å². The molecule has 0 aromatic rings. The van der Waals surface area contributed by atoms with Gasteiger partial charge < -0.3 is 15.0 Å². The zero-order chi connectivity index (χ0) is 11.1. The minimum absolute atomic E-state index is 0.234. The Morgan fingerprint density at radius 2 is 2.60 bits per heavy atom. The van der Waals surface area contributed by atoms with Crippen molar-refractivity contribution in [1.29, 1.82) is 0 Å². The molecule has 1 rings (SSSR count). The summed E-state index contributed by atoms with van der Waals surface area (Å²) >= 11 is 4.72. The fraction of sp³-hybridized carbons (Fsp3) is 0.600. The summed E-state index contributed by atoms with van der Waals surface area (Å²) in [7, 11) is 0. The van der Waals surface area contributed by atoms with Crippen molar-refractivity contribution in [3.05, 3.63) is 11.8 Å². The number of amides is 1. The number of hydrogen-bond donors (Lipinski definition) is 1. The fourth-order valence-electron chi connectivity index (χ4n) is 1.38. The molecule has 4 nitrogen and oxygen atoms in total. The van der Waals surface area contributed by atoms with Crippen molar-refractivity contribution in [2.45, 2.75) is 13.3 Å². The van der Waals surface area contributed by atoms with E-state index in [0.717, 1.165) is 12.1 Å². The maximum Gasteiger partial charge on any atom is 0.410 e. The van der Waals surface area contributed by atoms with Gasteiger partial charge in [0.1, 0.15) is 0 Å². The zero-order valence-corrected chi connectivity index (χ0v) is 9.68. The summed E-state index contributed by atoms with van der Waals surface area (Å²) in [5.41, 5.74) is 1.15. The number of nitrogens with one attached hydrogen (secondary N) is 1. The maximum absolute atomic E-state index is 11.4. The minimum atomic E-state index is -0.234. The third-order valence-electron chi connectivity index (χ3n) is 2.15. The lowest BCUT2D eigenvalue weighted by Crippen LogP contribution is -2.37. The van der Waals surface area contributed by atoms with E-state index in [1.54, 1.807) is 10.3 Å². The second-order valence-corrected chi connectivity index (χ2v) is 3.51. The molecule has 0 saturated heterocycles. The summed E-state index contributed by atoms with van der Waals surface area (Å²) in [6.45, 7) is 4.24. The van der Waals surface area contributed by atoms with Crippen LogP contribution < -0.4 is 5.32 Å². The van der Waals surface area contributed by atoms with Gasteiger partial charge in [-0.2, -0.15) is 0 Å². The second kappa shape index (κ2) is 6.40. The number of hydrogen-bond acceptors (Lipinski definition) is 4. The molecule has 1 heterocycles. The van der Waals surface area contributed by atoms with Gasteiger partial charge in [0.25, 0.3) is 0 Å². The molecular weight excluding hydrogens is 212 g/mol. The lowest BCUT2D eigenvalue weighted by atomic mass is 10.2. The van der Waals surface area contributed by atoms with Crippen LogP contribution in [0.4, 0.5) is 4.79 Å². The van der Waals surface area contributed by atoms with Crippen LogP contribution in [0.3, 0.4) is 0 Å². The highest BCUT2D eigenvalue weighted by molar-refractivity contribution is 7.79. The fourth-order valence-corrected chi connectivity index (χ4v) is 1.47. The molecule has 0 aromatic carbocycles. The molecule has 1 aliphatic heterocycles. The Morgan fingerprint density at radius 3 is 3.13 bits per heavy atom. The Balaban J connectivity index is 2.36. The Morgan fingerprint density at radius 1 is 1.80 bits per heavy atom. The van der Waals surface area contributed by atoms with Crippen LogP contribution in [0.25, 0.3) is 0 Å². The van der Waals surface area contributed by atoms with Crippen molar-refractivity contribution in [3.8, 4) is 0 Å². The predicted octanol–water partition coefficient (Wildman–Crippen LogP) is 1.32. The van der Waals surface area contributed by atoms with Gasteiger partial charge in [-0.15, -0.1) is 0 Å². The molecule has 0 aromatic heterocycles. The van der Waals surface area contributed by atoms with Crippen LogP contribution in [0.1, 0.15) is 13.3 Å². The largest absolute Gasteiger partial charge is 0.450 e. The predicted molar refractivity (Wildman–Crippen MR) is 63.0 cm³/mol. The third-order valence-corrected chi connectivity index (χ3v) is 2.31. The number of nitrogens with zero attached hydrogens (tertiary/aromatic N) is 1. The average Bonchev–Trinajstić information content (AvgIpc) is 2.27. The Labute approximate surface area is 95.3 Å². The molecule has 15 heavy (non-hydrogen) atoms. The molecule has 0 radical (unpaired) electrons. The molecule has 1 N–H and O–H groups in total. The molecule has 0 unspecified atom stereocenters. The molecule has 84 valence electrons. The van der Waals surface area contributed by atoms with E-state index in [-0.39, 0.29) is 6.09 Å². The zero-order valence-electron chi connectivity index (χ0n) is 8.86. The minimum Gasteiger partial charge on any atom is -0.450 e. The van der Waals surface area contributed by atoms with Crippen molar-refractivity contribution in [2.75, 3.05) is 26.2 Å². The molecule has 0 bridgehead atoms. The molecule has 0 fully saturated rings. The van der Waals surface area contributed by atoms with E-state index in [0.29, 0.717) is 26.2 Å². The van der Waals surface area contributed by atoms with Crippen molar-refractivity contribution < 1.29 is 9.53 Å². The van der Waals surface area contributed by atoms with Gasteiger partial charge >= 0.3 is 6.09 Å². The summed E-state index contributed by atoms with van der Waals surface area (Å²) in [6.07, 6.45) is 2.60. The first-order chi connectivity index (χ1) is 7.27. The van der Waals surface area contributed by atoms with Gasteiger partial charge in [-0.05, 0) is 18.4 Å². The first-order valence-electron chi connectivity index (χ1n) is 5.06. The van der Waals surface area contributed by atoms with Gasteiger partial charge in [-0.3, -0.25) is 0 Å². The van der Waals surface area contributed by atoms with E-state index >= 15 is 0 Å². The summed E-state index contributed by atoms with van der Waals surface area (Å²) in [4.78, 5) is 13.0. The van der Waals surface area contributed by atoms with Crippen molar-refractivity contribution in [1.82, 2.24) is 10.2 Å². The lowest BCUT2D eigenvalue weighted by molar-refractivity contribution is 0.110. The van der Waals surface area contributed by atoms with E-state index in [9.17, 15) is 4.79 Å². The number of ether oxygens (including phenoxy) is 1. The Bertz CT molecular complexity index is 266. The summed E-state index contributed by atoms with van der Waals surface area (Å²) in [5.74, 6) is 0. The average molecular weight is 228 g/mol. The topological polar surface area (TPSA) is 41.6 Å². The molecule has 0 spiro atoms. The van der Waals surface area contributed by atoms with Gasteiger partial charge in [-0.25, -0.2) is 4.79 Å². The van der Waals surface area contributed by atoms with E-state index in [1.165, 1.54) is 0 Å². The standard InChI is InChI=1S/C10H16N2O2S/c1-2-14-10(13)12-6-3-9(4-7-12)11-5-8-15/h3,8,11H,2,4-7H2,1H3. The van der Waals surface area contributed by atoms with Crippen LogP contribution >= 0.6 is 12.2 Å². The quantitative estimate of drug-likeness (QED) is 0.737. The maximum atomic E-state index is 11.4. The monoisotopic (exact) mass is 228 g/mol. The smallest absolute Gasteiger partial charge is 0.410 e. The van der Waals surface area contributed by atoms with Crippen LogP contribution in [-0.4, -0.2) is 42.6 Å². The van der Waals surface area contributed by atoms with Gasteiger partial charge in [0, 0.05) is 31.8 Å². The molecule has 0 atom stereocenters. The second-order valence-electron chi connectivity index (χ2n) is 3.17. The van der Waals surface area contributed by atoms with Gasteiger partial charge in [0.15, 0.2) is 0 Å². The summed E-state index contributed by atoms with van der Waals surface area (Å²) in [5, 5.41) is 4.84. The van der Waals surface area contributed by atoms with Crippen molar-refractivity contribution in [3.63, 3.8) is 0 Å².